The number of nitrogen functional groups attached to an aromatic ring is 1. The summed E-state index contributed by atoms with van der Waals surface area (Å²) in [6.45, 7) is 3.46. The fraction of sp³-hybridized carbons (Fsp3) is 0.444. The van der Waals surface area contributed by atoms with Gasteiger partial charge >= 0.3 is 0 Å². The van der Waals surface area contributed by atoms with Gasteiger partial charge in [0.25, 0.3) is 0 Å². The molecule has 2 aromatic rings. The van der Waals surface area contributed by atoms with Crippen LogP contribution in [0.15, 0.2) is 24.3 Å². The maximum absolute atomic E-state index is 5.86. The molecule has 2 aliphatic heterocycles. The first kappa shape index (κ1) is 16.0. The molecule has 0 unspecified atom stereocenters. The van der Waals surface area contributed by atoms with Crippen LogP contribution in [-0.2, 0) is 11.3 Å². The highest BCUT2D eigenvalue weighted by atomic mass is 16.5. The van der Waals surface area contributed by atoms with Crippen LogP contribution in [0.1, 0.15) is 30.0 Å². The fourth-order valence-corrected chi connectivity index (χ4v) is 3.06. The van der Waals surface area contributed by atoms with Gasteiger partial charge in [-0.15, -0.1) is 0 Å². The summed E-state index contributed by atoms with van der Waals surface area (Å²) in [4.78, 5) is 8.63. The van der Waals surface area contributed by atoms with E-state index in [2.05, 4.69) is 15.3 Å². The molecular formula is C18H22N4O3. The molecule has 2 aliphatic rings. The lowest BCUT2D eigenvalue weighted by Crippen LogP contribution is -2.09. The van der Waals surface area contributed by atoms with Gasteiger partial charge in [-0.3, -0.25) is 0 Å². The van der Waals surface area contributed by atoms with E-state index in [1.807, 2.05) is 24.3 Å². The predicted molar refractivity (Wildman–Crippen MR) is 94.0 cm³/mol. The quantitative estimate of drug-likeness (QED) is 0.881. The standard InChI is InChI=1S/C18H22N4O3/c19-18-21-14(13-4-7-23-11-13)9-17(22-18)20-10-12-2-3-15-16(8-12)25-6-1-5-24-15/h2-3,8-9,13H,1,4-7,10-11H2,(H3,19,20,21,22)/t13-/m0/s1. The molecule has 0 saturated carbocycles. The van der Waals surface area contributed by atoms with Gasteiger partial charge in [0.15, 0.2) is 11.5 Å². The van der Waals surface area contributed by atoms with Crippen LogP contribution in [0.4, 0.5) is 11.8 Å². The fourth-order valence-electron chi connectivity index (χ4n) is 3.06. The second-order valence-corrected chi connectivity index (χ2v) is 6.28. The van der Waals surface area contributed by atoms with E-state index in [1.54, 1.807) is 0 Å². The predicted octanol–water partition coefficient (Wildman–Crippen LogP) is 2.34. The lowest BCUT2D eigenvalue weighted by molar-refractivity contribution is 0.193. The summed E-state index contributed by atoms with van der Waals surface area (Å²) >= 11 is 0. The molecule has 1 fully saturated rings. The van der Waals surface area contributed by atoms with E-state index in [0.29, 0.717) is 32.3 Å². The van der Waals surface area contributed by atoms with E-state index in [-0.39, 0.29) is 5.95 Å². The minimum absolute atomic E-state index is 0.283. The van der Waals surface area contributed by atoms with Crippen molar-refractivity contribution in [2.75, 3.05) is 37.5 Å². The second-order valence-electron chi connectivity index (χ2n) is 6.28. The van der Waals surface area contributed by atoms with Crippen LogP contribution in [0.2, 0.25) is 0 Å². The number of nitrogens with zero attached hydrogens (tertiary/aromatic N) is 2. The molecule has 3 N–H and O–H groups in total. The average molecular weight is 342 g/mol. The van der Waals surface area contributed by atoms with Crippen LogP contribution < -0.4 is 20.5 Å². The molecule has 25 heavy (non-hydrogen) atoms. The number of benzene rings is 1. The van der Waals surface area contributed by atoms with Gasteiger partial charge in [-0.05, 0) is 24.1 Å². The molecule has 7 nitrogen and oxygen atoms in total. The Bertz CT molecular complexity index is 747. The highest BCUT2D eigenvalue weighted by Gasteiger charge is 2.20. The van der Waals surface area contributed by atoms with Crippen molar-refractivity contribution < 1.29 is 14.2 Å². The van der Waals surface area contributed by atoms with Crippen LogP contribution in [0.25, 0.3) is 0 Å². The highest BCUT2D eigenvalue weighted by Crippen LogP contribution is 2.31. The molecule has 0 amide bonds. The molecule has 1 aromatic carbocycles. The van der Waals surface area contributed by atoms with Crippen molar-refractivity contribution >= 4 is 11.8 Å². The zero-order valence-corrected chi connectivity index (χ0v) is 14.0. The summed E-state index contributed by atoms with van der Waals surface area (Å²) in [5.74, 6) is 2.90. The summed E-state index contributed by atoms with van der Waals surface area (Å²) < 4.78 is 16.8. The number of anilines is 2. The Kier molecular flexibility index (Phi) is 4.56. The first-order valence-corrected chi connectivity index (χ1v) is 8.62. The van der Waals surface area contributed by atoms with Crippen molar-refractivity contribution in [1.82, 2.24) is 9.97 Å². The van der Waals surface area contributed by atoms with E-state index >= 15 is 0 Å². The van der Waals surface area contributed by atoms with Gasteiger partial charge in [0.05, 0.1) is 25.5 Å². The van der Waals surface area contributed by atoms with Gasteiger partial charge in [-0.2, -0.15) is 4.98 Å². The molecule has 0 bridgehead atoms. The van der Waals surface area contributed by atoms with Gasteiger partial charge < -0.3 is 25.3 Å². The van der Waals surface area contributed by atoms with Crippen LogP contribution in [0, 0.1) is 0 Å². The van der Waals surface area contributed by atoms with Gasteiger partial charge in [-0.1, -0.05) is 6.07 Å². The number of rotatable bonds is 4. The maximum Gasteiger partial charge on any atom is 0.222 e. The van der Waals surface area contributed by atoms with E-state index in [4.69, 9.17) is 19.9 Å². The number of fused-ring (bicyclic) bond motifs is 1. The van der Waals surface area contributed by atoms with Gasteiger partial charge in [0.2, 0.25) is 5.95 Å². The van der Waals surface area contributed by atoms with E-state index in [9.17, 15) is 0 Å². The normalized spacial score (nSPS) is 19.4. The number of aromatic nitrogens is 2. The van der Waals surface area contributed by atoms with Gasteiger partial charge in [0, 0.05) is 31.6 Å². The first-order valence-electron chi connectivity index (χ1n) is 8.62. The van der Waals surface area contributed by atoms with Crippen LogP contribution in [0.3, 0.4) is 0 Å². The zero-order valence-electron chi connectivity index (χ0n) is 14.0. The monoisotopic (exact) mass is 342 g/mol. The molecule has 4 rings (SSSR count). The number of nitrogens with two attached hydrogens (primary N) is 1. The molecule has 1 saturated heterocycles. The lowest BCUT2D eigenvalue weighted by atomic mass is 10.0. The molecule has 0 spiro atoms. The Labute approximate surface area is 146 Å². The van der Waals surface area contributed by atoms with Crippen molar-refractivity contribution in [3.05, 3.63) is 35.5 Å². The Balaban J connectivity index is 1.47. The van der Waals surface area contributed by atoms with E-state index in [1.165, 1.54) is 0 Å². The van der Waals surface area contributed by atoms with E-state index < -0.39 is 0 Å². The van der Waals surface area contributed by atoms with Crippen molar-refractivity contribution in [1.29, 1.82) is 0 Å². The summed E-state index contributed by atoms with van der Waals surface area (Å²) in [6.07, 6.45) is 1.87. The third kappa shape index (κ3) is 3.76. The molecule has 1 aromatic heterocycles. The van der Waals surface area contributed by atoms with E-state index in [0.717, 1.165) is 48.0 Å². The molecule has 0 radical (unpaired) electrons. The minimum Gasteiger partial charge on any atom is -0.490 e. The van der Waals surface area contributed by atoms with Crippen LogP contribution in [-0.4, -0.2) is 36.4 Å². The van der Waals surface area contributed by atoms with Crippen molar-refractivity contribution in [2.45, 2.75) is 25.3 Å². The number of hydrogen-bond donors (Lipinski definition) is 2. The topological polar surface area (TPSA) is 91.5 Å². The molecule has 132 valence electrons. The zero-order chi connectivity index (χ0) is 17.1. The smallest absolute Gasteiger partial charge is 0.222 e. The van der Waals surface area contributed by atoms with Crippen molar-refractivity contribution in [3.8, 4) is 11.5 Å². The molecule has 7 heteroatoms. The van der Waals surface area contributed by atoms with Crippen LogP contribution in [0.5, 0.6) is 11.5 Å². The van der Waals surface area contributed by atoms with Gasteiger partial charge in [-0.25, -0.2) is 4.98 Å². The Morgan fingerprint density at radius 3 is 2.80 bits per heavy atom. The molecule has 1 atom stereocenters. The molecule has 0 aliphatic carbocycles. The van der Waals surface area contributed by atoms with Crippen molar-refractivity contribution in [2.24, 2.45) is 0 Å². The lowest BCUT2D eigenvalue weighted by Gasteiger charge is -2.12. The average Bonchev–Trinajstić information content (AvgIpc) is 3.05. The summed E-state index contributed by atoms with van der Waals surface area (Å²) in [6, 6.07) is 7.94. The summed E-state index contributed by atoms with van der Waals surface area (Å²) in [5, 5.41) is 3.32. The maximum atomic E-state index is 5.86. The Hall–Kier alpha value is -2.54. The van der Waals surface area contributed by atoms with Crippen molar-refractivity contribution in [3.63, 3.8) is 0 Å². The summed E-state index contributed by atoms with van der Waals surface area (Å²) in [7, 11) is 0. The molecular weight excluding hydrogens is 320 g/mol. The SMILES string of the molecule is Nc1nc(NCc2ccc3c(c2)OCCCO3)cc([C@H]2CCOC2)n1. The largest absolute Gasteiger partial charge is 0.490 e. The van der Waals surface area contributed by atoms with Gasteiger partial charge in [0.1, 0.15) is 5.82 Å². The number of hydrogen-bond acceptors (Lipinski definition) is 7. The minimum atomic E-state index is 0.283. The Morgan fingerprint density at radius 2 is 1.96 bits per heavy atom. The third-order valence-corrected chi connectivity index (χ3v) is 4.40. The van der Waals surface area contributed by atoms with Crippen LogP contribution >= 0.6 is 0 Å². The Morgan fingerprint density at radius 1 is 1.08 bits per heavy atom. The third-order valence-electron chi connectivity index (χ3n) is 4.40. The molecule has 3 heterocycles. The second kappa shape index (κ2) is 7.14. The first-order chi connectivity index (χ1) is 12.3. The summed E-state index contributed by atoms with van der Waals surface area (Å²) in [5.41, 5.74) is 7.89. The highest BCUT2D eigenvalue weighted by molar-refractivity contribution is 5.46. The number of nitrogens with one attached hydrogen (secondary N) is 1. The number of ether oxygens (including phenoxy) is 3.